The Balaban J connectivity index is 1.69. The molecule has 1 N–H and O–H groups in total. The molecule has 4 rings (SSSR count). The highest BCUT2D eigenvalue weighted by molar-refractivity contribution is 7.20. The molecule has 3 aromatic heterocycles. The van der Waals surface area contributed by atoms with Gasteiger partial charge in [-0.05, 0) is 13.0 Å². The van der Waals surface area contributed by atoms with Crippen molar-refractivity contribution in [2.75, 3.05) is 39.9 Å². The van der Waals surface area contributed by atoms with Gasteiger partial charge in [-0.1, -0.05) is 6.07 Å². The first-order valence-corrected chi connectivity index (χ1v) is 11.3. The van der Waals surface area contributed by atoms with Crippen LogP contribution in [0, 0.1) is 6.92 Å². The Morgan fingerprint density at radius 1 is 1.37 bits per heavy atom. The molecular weight excluding hydrogens is 424 g/mol. The van der Waals surface area contributed by atoms with Crippen molar-refractivity contribution in [3.63, 3.8) is 0 Å². The number of hydrogen-bond donors (Lipinski definition) is 1. The molecule has 0 bridgehead atoms. The Kier molecular flexibility index (Phi) is 6.09. The first-order chi connectivity index (χ1) is 14.5. The second-order valence-electron chi connectivity index (χ2n) is 7.03. The molecular formula is C20H22N4O4S2. The highest BCUT2D eigenvalue weighted by Crippen LogP contribution is 2.38. The maximum Gasteiger partial charge on any atom is 0.266 e. The molecule has 8 nitrogen and oxygen atoms in total. The van der Waals surface area contributed by atoms with Gasteiger partial charge in [0.05, 0.1) is 31.0 Å². The number of thiophene rings is 1. The van der Waals surface area contributed by atoms with Crippen LogP contribution in [0.4, 0.5) is 0 Å². The Hall–Kier alpha value is -2.40. The number of ether oxygens (including phenoxy) is 1. The molecule has 0 aliphatic carbocycles. The van der Waals surface area contributed by atoms with Gasteiger partial charge in [0.15, 0.2) is 0 Å². The van der Waals surface area contributed by atoms with Crippen molar-refractivity contribution in [2.24, 2.45) is 0 Å². The number of amides is 2. The van der Waals surface area contributed by atoms with Gasteiger partial charge in [-0.2, -0.15) is 0 Å². The Morgan fingerprint density at radius 2 is 2.20 bits per heavy atom. The van der Waals surface area contributed by atoms with Crippen molar-refractivity contribution in [1.29, 1.82) is 0 Å². The minimum Gasteiger partial charge on any atom is -0.395 e. The fraction of sp³-hybridized carbons (Fsp3) is 0.400. The van der Waals surface area contributed by atoms with Gasteiger partial charge in [-0.15, -0.1) is 22.7 Å². The lowest BCUT2D eigenvalue weighted by Gasteiger charge is -2.33. The van der Waals surface area contributed by atoms with Crippen LogP contribution in [0.1, 0.15) is 36.7 Å². The predicted octanol–water partition coefficient (Wildman–Crippen LogP) is 2.34. The number of aryl methyl sites for hydroxylation is 1. The van der Waals surface area contributed by atoms with Gasteiger partial charge in [0.2, 0.25) is 0 Å². The number of aliphatic hydroxyl groups excluding tert-OH is 1. The van der Waals surface area contributed by atoms with Crippen molar-refractivity contribution in [2.45, 2.75) is 13.0 Å². The van der Waals surface area contributed by atoms with Gasteiger partial charge in [0.1, 0.15) is 20.7 Å². The number of thiazole rings is 1. The average Bonchev–Trinajstić information content (AvgIpc) is 3.36. The van der Waals surface area contributed by atoms with Gasteiger partial charge in [-0.3, -0.25) is 9.59 Å². The quantitative estimate of drug-likeness (QED) is 0.646. The van der Waals surface area contributed by atoms with Crippen LogP contribution in [0.15, 0.2) is 23.8 Å². The summed E-state index contributed by atoms with van der Waals surface area (Å²) in [6.45, 7) is 3.17. The number of pyridine rings is 1. The number of fused-ring (bicyclic) bond motifs is 1. The Morgan fingerprint density at radius 3 is 2.93 bits per heavy atom. The molecule has 1 fully saturated rings. The van der Waals surface area contributed by atoms with E-state index < -0.39 is 6.10 Å². The molecule has 0 saturated carbocycles. The lowest BCUT2D eigenvalue weighted by atomic mass is 10.0. The van der Waals surface area contributed by atoms with Crippen LogP contribution in [-0.4, -0.2) is 76.6 Å². The molecule has 0 radical (unpaired) electrons. The first kappa shape index (κ1) is 20.9. The van der Waals surface area contributed by atoms with Gasteiger partial charge < -0.3 is 19.6 Å². The molecule has 1 unspecified atom stereocenters. The Bertz CT molecular complexity index is 1080. The zero-order valence-corrected chi connectivity index (χ0v) is 18.3. The topological polar surface area (TPSA) is 95.9 Å². The summed E-state index contributed by atoms with van der Waals surface area (Å²) in [6.07, 6.45) is 1.26. The van der Waals surface area contributed by atoms with Crippen LogP contribution < -0.4 is 0 Å². The minimum absolute atomic E-state index is 0.0637. The van der Waals surface area contributed by atoms with E-state index in [0.29, 0.717) is 29.5 Å². The minimum atomic E-state index is -0.435. The van der Waals surface area contributed by atoms with E-state index in [4.69, 9.17) is 4.74 Å². The zero-order chi connectivity index (χ0) is 21.3. The molecule has 1 atom stereocenters. The predicted molar refractivity (Wildman–Crippen MR) is 115 cm³/mol. The van der Waals surface area contributed by atoms with Gasteiger partial charge in [0.25, 0.3) is 11.8 Å². The van der Waals surface area contributed by atoms with Gasteiger partial charge in [-0.25, -0.2) is 9.97 Å². The molecule has 158 valence electrons. The van der Waals surface area contributed by atoms with E-state index in [2.05, 4.69) is 9.97 Å². The molecule has 1 aliphatic rings. The lowest BCUT2D eigenvalue weighted by molar-refractivity contribution is -0.0222. The second-order valence-corrected chi connectivity index (χ2v) is 8.88. The molecule has 30 heavy (non-hydrogen) atoms. The van der Waals surface area contributed by atoms with Crippen molar-refractivity contribution < 1.29 is 19.4 Å². The van der Waals surface area contributed by atoms with Crippen molar-refractivity contribution in [3.8, 4) is 0 Å². The molecule has 1 saturated heterocycles. The van der Waals surface area contributed by atoms with E-state index in [9.17, 15) is 14.7 Å². The van der Waals surface area contributed by atoms with Crippen LogP contribution in [-0.2, 0) is 4.74 Å². The molecule has 0 aromatic carbocycles. The molecule has 2 amide bonds. The van der Waals surface area contributed by atoms with Crippen LogP contribution >= 0.6 is 22.7 Å². The zero-order valence-electron chi connectivity index (χ0n) is 16.7. The summed E-state index contributed by atoms with van der Waals surface area (Å²) in [4.78, 5) is 39.8. The lowest BCUT2D eigenvalue weighted by Crippen LogP contribution is -2.42. The third-order valence-corrected chi connectivity index (χ3v) is 7.13. The summed E-state index contributed by atoms with van der Waals surface area (Å²) in [7, 11) is 1.66. The van der Waals surface area contributed by atoms with Crippen LogP contribution in [0.2, 0.25) is 0 Å². The monoisotopic (exact) mass is 446 g/mol. The fourth-order valence-corrected chi connectivity index (χ4v) is 5.47. The number of hydrogen-bond acceptors (Lipinski definition) is 8. The first-order valence-electron chi connectivity index (χ1n) is 9.56. The van der Waals surface area contributed by atoms with Crippen molar-refractivity contribution in [3.05, 3.63) is 44.9 Å². The molecule has 4 heterocycles. The van der Waals surface area contributed by atoms with Gasteiger partial charge >= 0.3 is 0 Å². The molecule has 0 spiro atoms. The van der Waals surface area contributed by atoms with E-state index in [-0.39, 0.29) is 25.0 Å². The number of aliphatic hydroxyl groups is 1. The highest BCUT2D eigenvalue weighted by Gasteiger charge is 2.33. The number of carbonyl (C=O) groups is 2. The summed E-state index contributed by atoms with van der Waals surface area (Å²) >= 11 is 2.65. The van der Waals surface area contributed by atoms with Gasteiger partial charge in [0, 0.05) is 37.3 Å². The number of nitrogens with zero attached hydrogens (tertiary/aromatic N) is 4. The van der Waals surface area contributed by atoms with E-state index >= 15 is 0 Å². The van der Waals surface area contributed by atoms with E-state index in [1.807, 2.05) is 19.1 Å². The maximum atomic E-state index is 13.1. The van der Waals surface area contributed by atoms with Crippen LogP contribution in [0.3, 0.4) is 0 Å². The van der Waals surface area contributed by atoms with Crippen LogP contribution in [0.25, 0.3) is 10.2 Å². The molecule has 1 aliphatic heterocycles. The van der Waals surface area contributed by atoms with E-state index in [0.717, 1.165) is 21.5 Å². The summed E-state index contributed by atoms with van der Waals surface area (Å²) in [5, 5.41) is 10.1. The number of rotatable bonds is 5. The largest absolute Gasteiger partial charge is 0.395 e. The maximum absolute atomic E-state index is 13.1. The number of carbonyl (C=O) groups excluding carboxylic acids is 2. The third-order valence-electron chi connectivity index (χ3n) is 5.10. The smallest absolute Gasteiger partial charge is 0.266 e. The second kappa shape index (κ2) is 8.76. The van der Waals surface area contributed by atoms with E-state index in [1.165, 1.54) is 27.6 Å². The average molecular weight is 447 g/mol. The summed E-state index contributed by atoms with van der Waals surface area (Å²) in [5.41, 5.74) is 3.16. The summed E-state index contributed by atoms with van der Waals surface area (Å²) < 4.78 is 6.04. The number of aromatic nitrogens is 2. The van der Waals surface area contributed by atoms with Crippen molar-refractivity contribution >= 4 is 44.7 Å². The van der Waals surface area contributed by atoms with Crippen LogP contribution in [0.5, 0.6) is 0 Å². The highest BCUT2D eigenvalue weighted by atomic mass is 32.1. The standard InChI is InChI=1S/C20H22N4O4S2/c1-12-16(29-11-22-12)20(27)24-7-9-28-14(10-24)15-13-4-3-5-21-18(13)30-17(15)19(26)23(2)6-8-25/h3-5,11,14,25H,6-10H2,1-2H3. The van der Waals surface area contributed by atoms with E-state index in [1.54, 1.807) is 23.7 Å². The summed E-state index contributed by atoms with van der Waals surface area (Å²) in [6, 6.07) is 3.76. The van der Waals surface area contributed by atoms with Crippen molar-refractivity contribution in [1.82, 2.24) is 19.8 Å². The number of morpholine rings is 1. The normalized spacial score (nSPS) is 16.8. The molecule has 3 aromatic rings. The fourth-order valence-electron chi connectivity index (χ4n) is 3.51. The Labute approximate surface area is 181 Å². The third kappa shape index (κ3) is 3.83. The summed E-state index contributed by atoms with van der Waals surface area (Å²) in [5.74, 6) is -0.251. The molecule has 10 heteroatoms. The number of likely N-dealkylation sites (N-methyl/N-ethyl adjacent to an activating group) is 1. The SMILES string of the molecule is Cc1ncsc1C(=O)N1CCOC(c2c(C(=O)N(C)CCO)sc3ncccc23)C1.